The second-order valence-electron chi connectivity index (χ2n) is 4.61. The lowest BCUT2D eigenvalue weighted by molar-refractivity contribution is 0.0783. The Labute approximate surface area is 119 Å². The van der Waals surface area contributed by atoms with Crippen LogP contribution in [0.5, 0.6) is 11.5 Å². The lowest BCUT2D eigenvalue weighted by atomic mass is 10.2. The average molecular weight is 290 g/mol. The molecular weight excluding hydrogens is 276 g/mol. The molecule has 8 nitrogen and oxygen atoms in total. The van der Waals surface area contributed by atoms with Crippen molar-refractivity contribution in [2.45, 2.75) is 6.10 Å². The van der Waals surface area contributed by atoms with E-state index >= 15 is 0 Å². The van der Waals surface area contributed by atoms with Gasteiger partial charge in [-0.25, -0.2) is 9.48 Å². The lowest BCUT2D eigenvalue weighted by Gasteiger charge is -2.26. The number of ether oxygens (including phenoxy) is 2. The van der Waals surface area contributed by atoms with Gasteiger partial charge in [0.25, 0.3) is 5.91 Å². The highest BCUT2D eigenvalue weighted by Crippen LogP contribution is 2.30. The third-order valence-corrected chi connectivity index (χ3v) is 3.04. The zero-order valence-corrected chi connectivity index (χ0v) is 11.3. The van der Waals surface area contributed by atoms with E-state index in [-0.39, 0.29) is 18.5 Å². The number of para-hydroxylation sites is 2. The zero-order chi connectivity index (χ0) is 14.8. The zero-order valence-electron chi connectivity index (χ0n) is 11.3. The third-order valence-electron chi connectivity index (χ3n) is 3.04. The van der Waals surface area contributed by atoms with Gasteiger partial charge in [0, 0.05) is 7.05 Å². The number of rotatable bonds is 3. The number of aromatic amines is 1. The van der Waals surface area contributed by atoms with Gasteiger partial charge < -0.3 is 14.8 Å². The number of nitrogens with one attached hydrogen (secondary N) is 2. The second-order valence-corrected chi connectivity index (χ2v) is 4.61. The molecule has 0 spiro atoms. The molecule has 0 aliphatic carbocycles. The number of fused-ring (bicyclic) bond motifs is 1. The van der Waals surface area contributed by atoms with Crippen LogP contribution >= 0.6 is 0 Å². The molecule has 1 unspecified atom stereocenters. The Bertz CT molecular complexity index is 721. The van der Waals surface area contributed by atoms with Crippen molar-refractivity contribution in [3.63, 3.8) is 0 Å². The fraction of sp³-hybridized carbons (Fsp3) is 0.308. The normalized spacial score (nSPS) is 16.5. The first-order valence-corrected chi connectivity index (χ1v) is 6.43. The topological polar surface area (TPSA) is 98.2 Å². The van der Waals surface area contributed by atoms with Gasteiger partial charge in [-0.1, -0.05) is 12.1 Å². The Balaban J connectivity index is 1.59. The molecule has 0 saturated heterocycles. The van der Waals surface area contributed by atoms with Gasteiger partial charge in [-0.05, 0) is 12.1 Å². The van der Waals surface area contributed by atoms with Gasteiger partial charge >= 0.3 is 5.69 Å². The van der Waals surface area contributed by atoms with Gasteiger partial charge in [-0.2, -0.15) is 0 Å². The van der Waals surface area contributed by atoms with Crippen molar-refractivity contribution in [3.05, 3.63) is 40.6 Å². The first-order chi connectivity index (χ1) is 10.1. The van der Waals surface area contributed by atoms with Crippen molar-refractivity contribution in [1.29, 1.82) is 0 Å². The van der Waals surface area contributed by atoms with E-state index in [1.807, 2.05) is 18.2 Å². The Hall–Kier alpha value is -2.77. The summed E-state index contributed by atoms with van der Waals surface area (Å²) in [7, 11) is 1.46. The first-order valence-electron chi connectivity index (χ1n) is 6.43. The van der Waals surface area contributed by atoms with E-state index in [0.29, 0.717) is 18.1 Å². The molecular formula is C13H14N4O4. The molecule has 1 aliphatic heterocycles. The number of benzene rings is 1. The fourth-order valence-electron chi connectivity index (χ4n) is 1.96. The van der Waals surface area contributed by atoms with E-state index in [9.17, 15) is 9.59 Å². The summed E-state index contributed by atoms with van der Waals surface area (Å²) < 4.78 is 12.3. The van der Waals surface area contributed by atoms with Crippen molar-refractivity contribution in [2.75, 3.05) is 13.2 Å². The molecule has 1 amide bonds. The molecule has 2 aromatic rings. The molecule has 0 saturated carbocycles. The summed E-state index contributed by atoms with van der Waals surface area (Å²) in [6.07, 6.45) is -0.292. The standard InChI is InChI=1S/C13H14N4O4/c1-17-13(19)15-11(16-17)12(18)14-6-8-7-20-9-4-2-3-5-10(9)21-8/h2-5,8H,6-7H2,1H3,(H,14,18)(H,15,16,19). The van der Waals surface area contributed by atoms with Crippen LogP contribution in [0.2, 0.25) is 0 Å². The van der Waals surface area contributed by atoms with E-state index in [2.05, 4.69) is 15.4 Å². The molecule has 110 valence electrons. The molecule has 8 heteroatoms. The maximum absolute atomic E-state index is 11.8. The molecule has 2 heterocycles. The van der Waals surface area contributed by atoms with Gasteiger partial charge in [-0.3, -0.25) is 9.78 Å². The molecule has 0 bridgehead atoms. The van der Waals surface area contributed by atoms with Gasteiger partial charge in [0.1, 0.15) is 12.7 Å². The maximum Gasteiger partial charge on any atom is 0.343 e. The van der Waals surface area contributed by atoms with Crippen LogP contribution in [0.4, 0.5) is 0 Å². The van der Waals surface area contributed by atoms with Crippen molar-refractivity contribution < 1.29 is 14.3 Å². The summed E-state index contributed by atoms with van der Waals surface area (Å²) in [5, 5.41) is 6.42. The number of hydrogen-bond acceptors (Lipinski definition) is 5. The van der Waals surface area contributed by atoms with Crippen molar-refractivity contribution in [3.8, 4) is 11.5 Å². The van der Waals surface area contributed by atoms with Crippen molar-refractivity contribution >= 4 is 5.91 Å². The summed E-state index contributed by atoms with van der Waals surface area (Å²) in [6.45, 7) is 0.599. The molecule has 1 atom stereocenters. The fourth-order valence-corrected chi connectivity index (χ4v) is 1.96. The third kappa shape index (κ3) is 2.73. The number of aromatic nitrogens is 3. The largest absolute Gasteiger partial charge is 0.486 e. The molecule has 2 N–H and O–H groups in total. The predicted molar refractivity (Wildman–Crippen MR) is 72.5 cm³/mol. The van der Waals surface area contributed by atoms with Gasteiger partial charge in [0.15, 0.2) is 11.5 Å². The van der Waals surface area contributed by atoms with Crippen LogP contribution in [0.15, 0.2) is 29.1 Å². The van der Waals surface area contributed by atoms with E-state index in [0.717, 1.165) is 4.68 Å². The molecule has 1 aromatic heterocycles. The van der Waals surface area contributed by atoms with E-state index in [4.69, 9.17) is 9.47 Å². The Morgan fingerprint density at radius 1 is 1.48 bits per heavy atom. The maximum atomic E-state index is 11.8. The summed E-state index contributed by atoms with van der Waals surface area (Å²) in [4.78, 5) is 25.4. The quantitative estimate of drug-likeness (QED) is 0.807. The molecule has 1 aliphatic rings. The number of aryl methyl sites for hydroxylation is 1. The van der Waals surface area contributed by atoms with Crippen LogP contribution in [-0.2, 0) is 7.05 Å². The number of nitrogens with zero attached hydrogens (tertiary/aromatic N) is 2. The van der Waals surface area contributed by atoms with Crippen LogP contribution in [0.1, 0.15) is 10.6 Å². The summed E-state index contributed by atoms with van der Waals surface area (Å²) in [5.74, 6) is 0.846. The van der Waals surface area contributed by atoms with Crippen molar-refractivity contribution in [2.24, 2.45) is 7.05 Å². The summed E-state index contributed by atoms with van der Waals surface area (Å²) >= 11 is 0. The highest BCUT2D eigenvalue weighted by molar-refractivity contribution is 5.90. The molecule has 3 rings (SSSR count). The Morgan fingerprint density at radius 3 is 2.95 bits per heavy atom. The number of carbonyl (C=O) groups excluding carboxylic acids is 1. The molecule has 0 fully saturated rings. The number of hydrogen-bond donors (Lipinski definition) is 2. The molecule has 21 heavy (non-hydrogen) atoms. The Morgan fingerprint density at radius 2 is 2.24 bits per heavy atom. The minimum atomic E-state index is -0.463. The Kier molecular flexibility index (Phi) is 3.35. The van der Waals surface area contributed by atoms with Crippen LogP contribution < -0.4 is 20.5 Å². The van der Waals surface area contributed by atoms with Crippen LogP contribution in [-0.4, -0.2) is 39.9 Å². The molecule has 1 aromatic carbocycles. The number of amides is 1. The first kappa shape index (κ1) is 13.2. The van der Waals surface area contributed by atoms with E-state index in [1.54, 1.807) is 6.07 Å². The lowest BCUT2D eigenvalue weighted by Crippen LogP contribution is -2.41. The summed E-state index contributed by atoms with van der Waals surface area (Å²) in [5.41, 5.74) is -0.439. The van der Waals surface area contributed by atoms with Crippen LogP contribution in [0.3, 0.4) is 0 Å². The van der Waals surface area contributed by atoms with Crippen molar-refractivity contribution in [1.82, 2.24) is 20.1 Å². The minimum Gasteiger partial charge on any atom is -0.486 e. The summed E-state index contributed by atoms with van der Waals surface area (Å²) in [6, 6.07) is 7.34. The van der Waals surface area contributed by atoms with E-state index in [1.165, 1.54) is 7.05 Å². The molecule has 0 radical (unpaired) electrons. The van der Waals surface area contributed by atoms with Crippen LogP contribution in [0, 0.1) is 0 Å². The van der Waals surface area contributed by atoms with Gasteiger partial charge in [0.05, 0.1) is 6.54 Å². The highest BCUT2D eigenvalue weighted by Gasteiger charge is 2.22. The number of carbonyl (C=O) groups is 1. The van der Waals surface area contributed by atoms with Gasteiger partial charge in [-0.15, -0.1) is 5.10 Å². The minimum absolute atomic E-state index is 0.0281. The average Bonchev–Trinajstić information content (AvgIpc) is 2.84. The van der Waals surface area contributed by atoms with Gasteiger partial charge in [0.2, 0.25) is 5.82 Å². The SMILES string of the molecule is Cn1nc(C(=O)NCC2COc3ccccc3O2)[nH]c1=O. The van der Waals surface area contributed by atoms with E-state index < -0.39 is 11.6 Å². The predicted octanol–water partition coefficient (Wildman–Crippen LogP) is -0.322. The second kappa shape index (κ2) is 5.31. The monoisotopic (exact) mass is 290 g/mol. The van der Waals surface area contributed by atoms with Crippen LogP contribution in [0.25, 0.3) is 0 Å². The highest BCUT2D eigenvalue weighted by atomic mass is 16.6. The number of H-pyrrole nitrogens is 1. The smallest absolute Gasteiger partial charge is 0.343 e.